The first-order valence-corrected chi connectivity index (χ1v) is 15.1. The van der Waals surface area contributed by atoms with Crippen molar-refractivity contribution >= 4 is 22.7 Å². The summed E-state index contributed by atoms with van der Waals surface area (Å²) in [5.41, 5.74) is 6.76. The van der Waals surface area contributed by atoms with E-state index in [1.807, 2.05) is 78.8 Å². The van der Waals surface area contributed by atoms with E-state index in [0.29, 0.717) is 16.4 Å². The maximum Gasteiger partial charge on any atom is 0.297 e. The average Bonchev–Trinajstić information content (AvgIpc) is 3.51. The summed E-state index contributed by atoms with van der Waals surface area (Å²) in [6.07, 6.45) is 8.28. The first-order valence-electron chi connectivity index (χ1n) is 14.2. The van der Waals surface area contributed by atoms with Crippen LogP contribution in [0.1, 0.15) is 61.9 Å². The zero-order valence-electron chi connectivity index (χ0n) is 23.7. The molecule has 1 aliphatic rings. The summed E-state index contributed by atoms with van der Waals surface area (Å²) in [6, 6.07) is 24.3. The predicted octanol–water partition coefficient (Wildman–Crippen LogP) is 6.96. The van der Waals surface area contributed by atoms with E-state index in [2.05, 4.69) is 34.6 Å². The zero-order chi connectivity index (χ0) is 28.3. The smallest absolute Gasteiger partial charge is 0.283 e. The lowest BCUT2D eigenvalue weighted by molar-refractivity contribution is 0.443. The Bertz CT molecular complexity index is 1800. The van der Waals surface area contributed by atoms with Gasteiger partial charge in [-0.3, -0.25) is 14.5 Å². The summed E-state index contributed by atoms with van der Waals surface area (Å²) in [6.45, 7) is 3.87. The molecular formula is C33H34N6OS. The third kappa shape index (κ3) is 5.39. The molecule has 6 rings (SSSR count). The Hall–Kier alpha value is -4.30. The SMILES string of the molecule is CC(=Nn1c(-c2ccc(C3CCCCC3)cc2)csc1=Nc1c(C)n(C)n(-c2ccccc2)c1=O)c1ccccn1. The lowest BCUT2D eigenvalue weighted by Gasteiger charge is -2.22. The van der Waals surface area contributed by atoms with Crippen LogP contribution in [0.4, 0.5) is 5.69 Å². The largest absolute Gasteiger partial charge is 0.297 e. The van der Waals surface area contributed by atoms with Gasteiger partial charge in [0.15, 0.2) is 5.69 Å². The third-order valence-electron chi connectivity index (χ3n) is 7.99. The van der Waals surface area contributed by atoms with E-state index >= 15 is 0 Å². The molecule has 0 N–H and O–H groups in total. The van der Waals surface area contributed by atoms with Crippen molar-refractivity contribution in [3.05, 3.63) is 116 Å². The van der Waals surface area contributed by atoms with Gasteiger partial charge in [0.1, 0.15) is 0 Å². The van der Waals surface area contributed by atoms with Crippen LogP contribution >= 0.6 is 11.3 Å². The molecule has 3 heterocycles. The summed E-state index contributed by atoms with van der Waals surface area (Å²) in [5, 5.41) is 7.06. The highest BCUT2D eigenvalue weighted by Gasteiger charge is 2.18. The van der Waals surface area contributed by atoms with E-state index in [9.17, 15) is 4.79 Å². The standard InChI is InChI=1S/C33H34N6OS/c1-23(29-16-10-11-21-34-29)36-38-30(27-19-17-26(18-20-27)25-12-6-4-7-13-25)22-41-33(38)35-31-24(2)37(3)39(32(31)40)28-14-8-5-9-15-28/h5,8-11,14-22,25H,4,6-7,12-13H2,1-3H3. The number of pyridine rings is 1. The molecule has 3 aromatic heterocycles. The number of nitrogens with zero attached hydrogens (tertiary/aromatic N) is 6. The highest BCUT2D eigenvalue weighted by atomic mass is 32.1. The van der Waals surface area contributed by atoms with E-state index in [-0.39, 0.29) is 5.56 Å². The number of hydrogen-bond donors (Lipinski definition) is 0. The van der Waals surface area contributed by atoms with Crippen molar-refractivity contribution in [3.8, 4) is 16.9 Å². The fourth-order valence-corrected chi connectivity index (χ4v) is 6.43. The Labute approximate surface area is 243 Å². The third-order valence-corrected chi connectivity index (χ3v) is 8.80. The van der Waals surface area contributed by atoms with Gasteiger partial charge in [-0.1, -0.05) is 67.8 Å². The molecule has 41 heavy (non-hydrogen) atoms. The summed E-state index contributed by atoms with van der Waals surface area (Å²) in [4.78, 5) is 23.7. The van der Waals surface area contributed by atoms with Crippen LogP contribution in [-0.4, -0.2) is 24.7 Å². The molecule has 2 aromatic carbocycles. The van der Waals surface area contributed by atoms with Crippen LogP contribution in [0.2, 0.25) is 0 Å². The van der Waals surface area contributed by atoms with Crippen LogP contribution in [0.5, 0.6) is 0 Å². The van der Waals surface area contributed by atoms with Crippen molar-refractivity contribution in [2.45, 2.75) is 51.9 Å². The zero-order valence-corrected chi connectivity index (χ0v) is 24.5. The normalized spacial score (nSPS) is 15.0. The Morgan fingerprint density at radius 1 is 0.951 bits per heavy atom. The summed E-state index contributed by atoms with van der Waals surface area (Å²) in [7, 11) is 1.88. The van der Waals surface area contributed by atoms with Crippen molar-refractivity contribution in [3.63, 3.8) is 0 Å². The molecule has 0 spiro atoms. The monoisotopic (exact) mass is 562 g/mol. The Balaban J connectivity index is 1.48. The Kier molecular flexibility index (Phi) is 7.65. The van der Waals surface area contributed by atoms with Gasteiger partial charge in [-0.05, 0) is 62.4 Å². The van der Waals surface area contributed by atoms with Gasteiger partial charge in [-0.2, -0.15) is 5.10 Å². The number of aromatic nitrogens is 4. The second-order valence-corrected chi connectivity index (χ2v) is 11.4. The molecule has 8 heteroatoms. The first kappa shape index (κ1) is 26.9. The van der Waals surface area contributed by atoms with Gasteiger partial charge in [-0.15, -0.1) is 11.3 Å². The van der Waals surface area contributed by atoms with E-state index in [0.717, 1.165) is 34.0 Å². The van der Waals surface area contributed by atoms with Crippen molar-refractivity contribution in [1.29, 1.82) is 0 Å². The minimum absolute atomic E-state index is 0.167. The molecule has 0 saturated heterocycles. The van der Waals surface area contributed by atoms with E-state index in [4.69, 9.17) is 10.1 Å². The fraction of sp³-hybridized carbons (Fsp3) is 0.273. The highest BCUT2D eigenvalue weighted by Crippen LogP contribution is 2.33. The van der Waals surface area contributed by atoms with Crippen molar-refractivity contribution in [2.24, 2.45) is 17.1 Å². The Morgan fingerprint density at radius 2 is 1.68 bits per heavy atom. The molecule has 0 radical (unpaired) electrons. The molecular weight excluding hydrogens is 528 g/mol. The fourth-order valence-electron chi connectivity index (χ4n) is 5.59. The topological polar surface area (TPSA) is 69.5 Å². The predicted molar refractivity (Wildman–Crippen MR) is 166 cm³/mol. The average molecular weight is 563 g/mol. The second kappa shape index (κ2) is 11.7. The molecule has 208 valence electrons. The number of benzene rings is 2. The van der Waals surface area contributed by atoms with Crippen LogP contribution < -0.4 is 10.4 Å². The lowest BCUT2D eigenvalue weighted by Crippen LogP contribution is -2.20. The first-order chi connectivity index (χ1) is 20.0. The quantitative estimate of drug-likeness (QED) is 0.210. The van der Waals surface area contributed by atoms with Gasteiger partial charge >= 0.3 is 0 Å². The molecule has 0 unspecified atom stereocenters. The number of hydrogen-bond acceptors (Lipinski definition) is 5. The van der Waals surface area contributed by atoms with Gasteiger partial charge in [-0.25, -0.2) is 14.4 Å². The van der Waals surface area contributed by atoms with E-state index in [1.165, 1.54) is 49.0 Å². The number of thiazole rings is 1. The lowest BCUT2D eigenvalue weighted by atomic mass is 9.84. The van der Waals surface area contributed by atoms with Crippen molar-refractivity contribution in [1.82, 2.24) is 19.0 Å². The molecule has 7 nitrogen and oxygen atoms in total. The molecule has 5 aromatic rings. The molecule has 0 amide bonds. The molecule has 0 aliphatic heterocycles. The molecule has 1 saturated carbocycles. The van der Waals surface area contributed by atoms with E-state index in [1.54, 1.807) is 10.9 Å². The van der Waals surface area contributed by atoms with Gasteiger partial charge < -0.3 is 0 Å². The van der Waals surface area contributed by atoms with Crippen LogP contribution in [0, 0.1) is 6.92 Å². The Morgan fingerprint density at radius 3 is 2.39 bits per heavy atom. The molecule has 1 fully saturated rings. The van der Waals surface area contributed by atoms with Gasteiger partial charge in [0.05, 0.1) is 28.5 Å². The highest BCUT2D eigenvalue weighted by molar-refractivity contribution is 7.07. The van der Waals surface area contributed by atoms with Crippen molar-refractivity contribution in [2.75, 3.05) is 0 Å². The van der Waals surface area contributed by atoms with Gasteiger partial charge in [0.25, 0.3) is 5.56 Å². The van der Waals surface area contributed by atoms with Crippen molar-refractivity contribution < 1.29 is 0 Å². The van der Waals surface area contributed by atoms with Crippen LogP contribution in [0.15, 0.2) is 99.3 Å². The molecule has 0 atom stereocenters. The summed E-state index contributed by atoms with van der Waals surface area (Å²) < 4.78 is 5.35. The summed E-state index contributed by atoms with van der Waals surface area (Å²) in [5.74, 6) is 0.648. The molecule has 1 aliphatic carbocycles. The minimum Gasteiger partial charge on any atom is -0.283 e. The van der Waals surface area contributed by atoms with Crippen LogP contribution in [0.3, 0.4) is 0 Å². The van der Waals surface area contributed by atoms with Gasteiger partial charge in [0, 0.05) is 24.2 Å². The number of para-hydroxylation sites is 1. The molecule has 0 bridgehead atoms. The van der Waals surface area contributed by atoms with E-state index < -0.39 is 0 Å². The minimum atomic E-state index is -0.167. The van der Waals surface area contributed by atoms with Gasteiger partial charge in [0.2, 0.25) is 4.80 Å². The maximum atomic E-state index is 13.6. The number of rotatable bonds is 6. The van der Waals surface area contributed by atoms with Crippen LogP contribution in [0.25, 0.3) is 16.9 Å². The second-order valence-electron chi connectivity index (χ2n) is 10.6. The maximum absolute atomic E-state index is 13.6. The summed E-state index contributed by atoms with van der Waals surface area (Å²) >= 11 is 1.48. The van der Waals surface area contributed by atoms with Crippen LogP contribution in [-0.2, 0) is 7.05 Å².